The first-order valence-electron chi connectivity index (χ1n) is 8.69. The first kappa shape index (κ1) is 15.0. The Hall–Kier alpha value is -1.53. The second kappa shape index (κ2) is 6.93. The van der Waals surface area contributed by atoms with Gasteiger partial charge in [-0.1, -0.05) is 18.2 Å². The van der Waals surface area contributed by atoms with E-state index in [1.54, 1.807) is 0 Å². The highest BCUT2D eigenvalue weighted by Gasteiger charge is 2.33. The second-order valence-electron chi connectivity index (χ2n) is 6.34. The summed E-state index contributed by atoms with van der Waals surface area (Å²) in [5.41, 5.74) is 3.81. The van der Waals surface area contributed by atoms with Gasteiger partial charge >= 0.3 is 0 Å². The molecule has 1 aliphatic carbocycles. The lowest BCUT2D eigenvalue weighted by atomic mass is 9.87. The zero-order valence-corrected chi connectivity index (χ0v) is 13.5. The summed E-state index contributed by atoms with van der Waals surface area (Å²) in [6.45, 7) is 8.32. The molecular weight excluding hydrogens is 286 g/mol. The first-order chi connectivity index (χ1) is 11.4. The third-order valence-electron chi connectivity index (χ3n) is 4.82. The number of rotatable bonds is 1. The molecule has 0 spiro atoms. The zero-order chi connectivity index (χ0) is 15.5. The standard InChI is InChI=1S/C18H25N5/c1-2-4-16-14(3-1)15-13-17(22-16)18(15)23-11-9-20-7-5-19-6-8-21-10-12-23/h1-4,13,18-21H,5-12H2. The van der Waals surface area contributed by atoms with E-state index in [4.69, 9.17) is 4.98 Å². The van der Waals surface area contributed by atoms with Crippen LogP contribution in [0.5, 0.6) is 0 Å². The topological polar surface area (TPSA) is 52.2 Å². The summed E-state index contributed by atoms with van der Waals surface area (Å²) in [5.74, 6) is 0. The first-order valence-corrected chi connectivity index (χ1v) is 8.69. The van der Waals surface area contributed by atoms with Crippen LogP contribution < -0.4 is 16.0 Å². The van der Waals surface area contributed by atoms with Crippen LogP contribution >= 0.6 is 0 Å². The van der Waals surface area contributed by atoms with Gasteiger partial charge in [-0.2, -0.15) is 0 Å². The highest BCUT2D eigenvalue weighted by Crippen LogP contribution is 2.41. The van der Waals surface area contributed by atoms with Crippen molar-refractivity contribution in [1.29, 1.82) is 0 Å². The zero-order valence-electron chi connectivity index (χ0n) is 13.5. The molecule has 2 bridgehead atoms. The van der Waals surface area contributed by atoms with Crippen molar-refractivity contribution in [2.45, 2.75) is 6.04 Å². The smallest absolute Gasteiger partial charge is 0.0784 e. The Kier molecular flexibility index (Phi) is 4.52. The molecule has 1 aromatic heterocycles. The number of fused-ring (bicyclic) bond motifs is 4. The van der Waals surface area contributed by atoms with Crippen molar-refractivity contribution in [3.05, 3.63) is 41.6 Å². The summed E-state index contributed by atoms with van der Waals surface area (Å²) in [6.07, 6.45) is 0. The molecule has 2 aromatic rings. The van der Waals surface area contributed by atoms with Crippen molar-refractivity contribution in [2.24, 2.45) is 0 Å². The fourth-order valence-electron chi connectivity index (χ4n) is 3.58. The van der Waals surface area contributed by atoms with Crippen LogP contribution in [0, 0.1) is 0 Å². The van der Waals surface area contributed by atoms with Gasteiger partial charge in [0.05, 0.1) is 17.3 Å². The molecule has 5 nitrogen and oxygen atoms in total. The van der Waals surface area contributed by atoms with E-state index in [9.17, 15) is 0 Å². The number of aromatic nitrogens is 1. The molecule has 1 aromatic carbocycles. The van der Waals surface area contributed by atoms with Crippen LogP contribution in [0.15, 0.2) is 30.3 Å². The van der Waals surface area contributed by atoms with Crippen molar-refractivity contribution >= 4 is 10.9 Å². The second-order valence-corrected chi connectivity index (χ2v) is 6.34. The monoisotopic (exact) mass is 311 g/mol. The lowest BCUT2D eigenvalue weighted by Gasteiger charge is -2.38. The lowest BCUT2D eigenvalue weighted by molar-refractivity contribution is 0.213. The highest BCUT2D eigenvalue weighted by molar-refractivity contribution is 5.86. The third kappa shape index (κ3) is 3.10. The SMILES string of the molecule is c1ccc2c3cc(nc2c1)C3N1CCNCCNCCNCC1. The summed E-state index contributed by atoms with van der Waals surface area (Å²) >= 11 is 0. The molecule has 0 saturated carbocycles. The van der Waals surface area contributed by atoms with Crippen LogP contribution in [0.1, 0.15) is 17.3 Å². The summed E-state index contributed by atoms with van der Waals surface area (Å²) in [5, 5.41) is 11.8. The third-order valence-corrected chi connectivity index (χ3v) is 4.82. The van der Waals surface area contributed by atoms with Gasteiger partial charge in [-0.3, -0.25) is 9.88 Å². The molecule has 4 rings (SSSR count). The fourth-order valence-corrected chi connectivity index (χ4v) is 3.58. The van der Waals surface area contributed by atoms with E-state index in [2.05, 4.69) is 51.2 Å². The van der Waals surface area contributed by atoms with Crippen molar-refractivity contribution in [2.75, 3.05) is 52.4 Å². The predicted molar refractivity (Wildman–Crippen MR) is 93.8 cm³/mol. The maximum absolute atomic E-state index is 4.85. The summed E-state index contributed by atoms with van der Waals surface area (Å²) in [7, 11) is 0. The molecule has 0 amide bonds. The molecule has 1 saturated heterocycles. The van der Waals surface area contributed by atoms with Crippen LogP contribution in [-0.4, -0.2) is 62.2 Å². The average molecular weight is 311 g/mol. The van der Waals surface area contributed by atoms with Gasteiger partial charge in [-0.15, -0.1) is 0 Å². The number of benzene rings is 1. The quantitative estimate of drug-likeness (QED) is 0.725. The molecule has 5 heteroatoms. The Morgan fingerprint density at radius 2 is 1.52 bits per heavy atom. The van der Waals surface area contributed by atoms with E-state index in [0.717, 1.165) is 57.9 Å². The number of para-hydroxylation sites is 1. The number of pyridine rings is 1. The van der Waals surface area contributed by atoms with Crippen LogP contribution in [0.2, 0.25) is 0 Å². The van der Waals surface area contributed by atoms with Crippen molar-refractivity contribution in [3.8, 4) is 0 Å². The average Bonchev–Trinajstić information content (AvgIpc) is 2.56. The Morgan fingerprint density at radius 3 is 2.26 bits per heavy atom. The van der Waals surface area contributed by atoms with Crippen molar-refractivity contribution in [3.63, 3.8) is 0 Å². The molecule has 2 aliphatic rings. The minimum Gasteiger partial charge on any atom is -0.314 e. The number of nitrogens with zero attached hydrogens (tertiary/aromatic N) is 2. The fraction of sp³-hybridized carbons (Fsp3) is 0.500. The van der Waals surface area contributed by atoms with Crippen LogP contribution in [0.3, 0.4) is 0 Å². The van der Waals surface area contributed by atoms with Gasteiger partial charge in [0.2, 0.25) is 0 Å². The Balaban J connectivity index is 1.50. The summed E-state index contributed by atoms with van der Waals surface area (Å²) in [6, 6.07) is 11.1. The van der Waals surface area contributed by atoms with Crippen molar-refractivity contribution < 1.29 is 0 Å². The Bertz CT molecular complexity index is 660. The Morgan fingerprint density at radius 1 is 0.870 bits per heavy atom. The van der Waals surface area contributed by atoms with E-state index in [1.807, 2.05) is 0 Å². The minimum atomic E-state index is 0.384. The van der Waals surface area contributed by atoms with E-state index in [0.29, 0.717) is 6.04 Å². The van der Waals surface area contributed by atoms with Crippen LogP contribution in [0.4, 0.5) is 0 Å². The largest absolute Gasteiger partial charge is 0.314 e. The maximum Gasteiger partial charge on any atom is 0.0784 e. The van der Waals surface area contributed by atoms with E-state index < -0.39 is 0 Å². The maximum atomic E-state index is 4.85. The molecular formula is C18H25N5. The molecule has 1 fully saturated rings. The van der Waals surface area contributed by atoms with Gasteiger partial charge in [0, 0.05) is 57.7 Å². The number of hydrogen-bond donors (Lipinski definition) is 3. The summed E-state index contributed by atoms with van der Waals surface area (Å²) in [4.78, 5) is 7.41. The molecule has 1 unspecified atom stereocenters. The van der Waals surface area contributed by atoms with Gasteiger partial charge < -0.3 is 16.0 Å². The van der Waals surface area contributed by atoms with E-state index in [-0.39, 0.29) is 0 Å². The van der Waals surface area contributed by atoms with Crippen LogP contribution in [-0.2, 0) is 0 Å². The van der Waals surface area contributed by atoms with Gasteiger partial charge in [-0.05, 0) is 17.7 Å². The van der Waals surface area contributed by atoms with Crippen LogP contribution in [0.25, 0.3) is 10.9 Å². The Labute approximate surface area is 137 Å². The molecule has 1 aliphatic heterocycles. The van der Waals surface area contributed by atoms with Crippen molar-refractivity contribution in [1.82, 2.24) is 25.8 Å². The number of hydrogen-bond acceptors (Lipinski definition) is 5. The minimum absolute atomic E-state index is 0.384. The van der Waals surface area contributed by atoms with Gasteiger partial charge in [0.25, 0.3) is 0 Å². The molecule has 0 radical (unpaired) electrons. The van der Waals surface area contributed by atoms with E-state index in [1.165, 1.54) is 16.6 Å². The highest BCUT2D eigenvalue weighted by atomic mass is 15.2. The van der Waals surface area contributed by atoms with Gasteiger partial charge in [0.15, 0.2) is 0 Å². The molecule has 2 heterocycles. The molecule has 1 atom stereocenters. The van der Waals surface area contributed by atoms with E-state index >= 15 is 0 Å². The molecule has 122 valence electrons. The number of nitrogens with one attached hydrogen (secondary N) is 3. The van der Waals surface area contributed by atoms with Gasteiger partial charge in [-0.25, -0.2) is 0 Å². The molecule has 3 N–H and O–H groups in total. The predicted octanol–water partition coefficient (Wildman–Crippen LogP) is 0.722. The normalized spacial score (nSPS) is 23.7. The molecule has 23 heavy (non-hydrogen) atoms. The summed E-state index contributed by atoms with van der Waals surface area (Å²) < 4.78 is 0. The lowest BCUT2D eigenvalue weighted by Crippen LogP contribution is -2.45. The van der Waals surface area contributed by atoms with Gasteiger partial charge in [0.1, 0.15) is 0 Å².